The zero-order chi connectivity index (χ0) is 29.9. The lowest BCUT2D eigenvalue weighted by molar-refractivity contribution is -0.136. The zero-order valence-electron chi connectivity index (χ0n) is 22.8. The number of ether oxygens (including phenoxy) is 1. The van der Waals surface area contributed by atoms with Crippen LogP contribution in [0.4, 0.5) is 35.0 Å². The van der Waals surface area contributed by atoms with E-state index in [1.165, 1.54) is 25.3 Å². The number of carbonyl (C=O) groups is 2. The number of fused-ring (bicyclic) bond motifs is 1. The molecule has 3 N–H and O–H groups in total. The molecule has 5 rings (SSSR count). The number of carbonyl (C=O) groups excluding carboxylic acids is 2. The van der Waals surface area contributed by atoms with Crippen molar-refractivity contribution >= 4 is 45.9 Å². The quantitative estimate of drug-likeness (QED) is 0.282. The summed E-state index contributed by atoms with van der Waals surface area (Å²) in [5.41, 5.74) is 1.27. The number of amidine groups is 1. The Morgan fingerprint density at radius 3 is 2.48 bits per heavy atom. The van der Waals surface area contributed by atoms with Gasteiger partial charge in [0.05, 0.1) is 41.4 Å². The number of methoxy groups -OCH3 is 1. The van der Waals surface area contributed by atoms with Crippen molar-refractivity contribution in [1.82, 2.24) is 4.90 Å². The molecule has 2 aliphatic heterocycles. The van der Waals surface area contributed by atoms with Crippen LogP contribution in [0.15, 0.2) is 89.1 Å². The van der Waals surface area contributed by atoms with E-state index >= 15 is 0 Å². The molecule has 1 fully saturated rings. The second-order valence-corrected chi connectivity index (χ2v) is 10.7. The summed E-state index contributed by atoms with van der Waals surface area (Å²) in [7, 11) is 1.52. The van der Waals surface area contributed by atoms with E-state index in [0.29, 0.717) is 40.5 Å². The van der Waals surface area contributed by atoms with E-state index in [1.807, 2.05) is 6.07 Å². The summed E-state index contributed by atoms with van der Waals surface area (Å²) in [4.78, 5) is 33.3. The lowest BCUT2D eigenvalue weighted by Gasteiger charge is -2.41. The topological polar surface area (TPSA) is 95.1 Å². The average molecular weight is 596 g/mol. The molecule has 3 amide bonds. The Kier molecular flexibility index (Phi) is 8.44. The number of nitrogens with one attached hydrogen (secondary N) is 3. The number of benzene rings is 3. The summed E-state index contributed by atoms with van der Waals surface area (Å²) < 4.78 is 45.6. The van der Waals surface area contributed by atoms with Crippen molar-refractivity contribution in [2.45, 2.75) is 25.6 Å². The van der Waals surface area contributed by atoms with Crippen LogP contribution in [-0.4, -0.2) is 41.4 Å². The molecule has 1 unspecified atom stereocenters. The highest BCUT2D eigenvalue weighted by Gasteiger charge is 2.38. The van der Waals surface area contributed by atoms with Crippen LogP contribution in [0.1, 0.15) is 30.5 Å². The fraction of sp³-hybridized carbons (Fsp3) is 0.233. The Morgan fingerprint density at radius 2 is 1.71 bits per heavy atom. The number of halogens is 3. The third kappa shape index (κ3) is 6.23. The molecule has 2 aliphatic rings. The normalized spacial score (nSPS) is 16.7. The van der Waals surface area contributed by atoms with E-state index in [2.05, 4.69) is 20.9 Å². The van der Waals surface area contributed by atoms with Gasteiger partial charge in [0.1, 0.15) is 5.75 Å². The van der Waals surface area contributed by atoms with Crippen LogP contribution in [0.25, 0.3) is 0 Å². The van der Waals surface area contributed by atoms with Gasteiger partial charge in [0, 0.05) is 18.0 Å². The maximum Gasteiger partial charge on any atom is 0.418 e. The van der Waals surface area contributed by atoms with Crippen molar-refractivity contribution in [3.63, 3.8) is 0 Å². The van der Waals surface area contributed by atoms with E-state index in [4.69, 9.17) is 9.73 Å². The number of para-hydroxylation sites is 3. The van der Waals surface area contributed by atoms with Crippen LogP contribution in [0.5, 0.6) is 5.75 Å². The lowest BCUT2D eigenvalue weighted by atomic mass is 9.93. The van der Waals surface area contributed by atoms with Crippen molar-refractivity contribution in [2.24, 2.45) is 4.99 Å². The number of anilines is 3. The number of nitrogens with zero attached hydrogens (tertiary/aromatic N) is 2. The van der Waals surface area contributed by atoms with Gasteiger partial charge in [0.2, 0.25) is 0 Å². The first-order valence-electron chi connectivity index (χ1n) is 13.1. The van der Waals surface area contributed by atoms with Gasteiger partial charge < -0.3 is 25.6 Å². The largest absolute Gasteiger partial charge is 0.495 e. The van der Waals surface area contributed by atoms with E-state index in [9.17, 15) is 22.8 Å². The Hall–Kier alpha value is -4.45. The SMILES string of the molecule is COc1ccccc1NC(=O)C1=C(C)N=C2SCCCN2C1c1cccc(NC(=O)Nc2ccccc2C(F)(F)F)c1. The molecule has 12 heteroatoms. The molecule has 1 atom stereocenters. The van der Waals surface area contributed by atoms with Gasteiger partial charge in [0.15, 0.2) is 5.17 Å². The number of amides is 3. The van der Waals surface area contributed by atoms with E-state index in [-0.39, 0.29) is 11.6 Å². The lowest BCUT2D eigenvalue weighted by Crippen LogP contribution is -2.43. The number of thioether (sulfide) groups is 1. The van der Waals surface area contributed by atoms with Gasteiger partial charge >= 0.3 is 12.2 Å². The summed E-state index contributed by atoms with van der Waals surface area (Å²) in [5, 5.41) is 8.68. The molecule has 1 saturated heterocycles. The van der Waals surface area contributed by atoms with Crippen LogP contribution in [0.2, 0.25) is 0 Å². The predicted octanol–water partition coefficient (Wildman–Crippen LogP) is 7.12. The van der Waals surface area contributed by atoms with Crippen molar-refractivity contribution in [2.75, 3.05) is 35.4 Å². The second kappa shape index (κ2) is 12.2. The number of rotatable bonds is 6. The van der Waals surface area contributed by atoms with Crippen LogP contribution in [0.3, 0.4) is 0 Å². The van der Waals surface area contributed by atoms with Crippen molar-refractivity contribution < 1.29 is 27.5 Å². The predicted molar refractivity (Wildman–Crippen MR) is 159 cm³/mol. The summed E-state index contributed by atoms with van der Waals surface area (Å²) >= 11 is 1.61. The first-order valence-corrected chi connectivity index (χ1v) is 14.1. The highest BCUT2D eigenvalue weighted by molar-refractivity contribution is 8.13. The first kappa shape index (κ1) is 29.1. The summed E-state index contributed by atoms with van der Waals surface area (Å²) in [6.07, 6.45) is -3.74. The highest BCUT2D eigenvalue weighted by atomic mass is 32.2. The molecular formula is C30H28F3N5O3S. The van der Waals surface area contributed by atoms with Gasteiger partial charge in [-0.15, -0.1) is 0 Å². The fourth-order valence-electron chi connectivity index (χ4n) is 4.95. The molecule has 0 aliphatic carbocycles. The molecular weight excluding hydrogens is 567 g/mol. The molecule has 218 valence electrons. The molecule has 2 heterocycles. The summed E-state index contributed by atoms with van der Waals surface area (Å²) in [5.74, 6) is 1.07. The number of urea groups is 1. The molecule has 0 aromatic heterocycles. The van der Waals surface area contributed by atoms with E-state index in [0.717, 1.165) is 23.4 Å². The van der Waals surface area contributed by atoms with Crippen LogP contribution in [0, 0.1) is 0 Å². The first-order chi connectivity index (χ1) is 20.2. The zero-order valence-corrected chi connectivity index (χ0v) is 23.6. The van der Waals surface area contributed by atoms with Crippen molar-refractivity contribution in [1.29, 1.82) is 0 Å². The van der Waals surface area contributed by atoms with Gasteiger partial charge in [-0.25, -0.2) is 9.79 Å². The van der Waals surface area contributed by atoms with Gasteiger partial charge in [-0.1, -0.05) is 48.2 Å². The standard InChI is InChI=1S/C30H28F3N5O3S/c1-18-25(27(39)36-23-13-5-6-14-24(23)41-2)26(38-15-8-16-42-29(38)34-18)19-9-7-10-20(17-19)35-28(40)37-22-12-4-3-11-21(22)30(31,32)33/h3-7,9-14,17,26H,8,15-16H2,1-2H3,(H,36,39)(H2,35,37,40). The minimum absolute atomic E-state index is 0.347. The van der Waals surface area contributed by atoms with Crippen LogP contribution < -0.4 is 20.7 Å². The molecule has 0 radical (unpaired) electrons. The minimum Gasteiger partial charge on any atom is -0.495 e. The molecule has 42 heavy (non-hydrogen) atoms. The molecule has 8 nitrogen and oxygen atoms in total. The third-order valence-corrected chi connectivity index (χ3v) is 7.88. The van der Waals surface area contributed by atoms with Crippen LogP contribution in [-0.2, 0) is 11.0 Å². The van der Waals surface area contributed by atoms with Gasteiger partial charge in [0.25, 0.3) is 5.91 Å². The molecule has 0 spiro atoms. The highest BCUT2D eigenvalue weighted by Crippen LogP contribution is 2.41. The summed E-state index contributed by atoms with van der Waals surface area (Å²) in [6, 6.07) is 17.4. The van der Waals surface area contributed by atoms with E-state index < -0.39 is 23.8 Å². The van der Waals surface area contributed by atoms with Gasteiger partial charge in [-0.3, -0.25) is 4.79 Å². The molecule has 0 saturated carbocycles. The minimum atomic E-state index is -4.62. The van der Waals surface area contributed by atoms with Crippen molar-refractivity contribution in [3.05, 3.63) is 95.2 Å². The molecule has 3 aromatic carbocycles. The Labute approximate surface area is 245 Å². The molecule has 0 bridgehead atoms. The van der Waals surface area contributed by atoms with E-state index in [1.54, 1.807) is 61.2 Å². The van der Waals surface area contributed by atoms with Crippen LogP contribution >= 0.6 is 11.8 Å². The van der Waals surface area contributed by atoms with Gasteiger partial charge in [-0.2, -0.15) is 13.2 Å². The maximum atomic E-state index is 13.8. The summed E-state index contributed by atoms with van der Waals surface area (Å²) in [6.45, 7) is 2.46. The molecule has 3 aromatic rings. The third-order valence-electron chi connectivity index (χ3n) is 6.80. The second-order valence-electron chi connectivity index (χ2n) is 9.59. The number of hydrogen-bond donors (Lipinski definition) is 3. The Bertz CT molecular complexity index is 1570. The number of alkyl halides is 3. The number of hydrogen-bond acceptors (Lipinski definition) is 6. The fourth-order valence-corrected chi connectivity index (χ4v) is 5.97. The maximum absolute atomic E-state index is 13.8. The number of aliphatic imine (C=N–C) groups is 1. The van der Waals surface area contributed by atoms with Crippen molar-refractivity contribution in [3.8, 4) is 5.75 Å². The van der Waals surface area contributed by atoms with Gasteiger partial charge in [-0.05, 0) is 55.3 Å². The monoisotopic (exact) mass is 595 g/mol. The number of allylic oxidation sites excluding steroid dienone is 1. The average Bonchev–Trinajstić information content (AvgIpc) is 2.96. The smallest absolute Gasteiger partial charge is 0.418 e. The Morgan fingerprint density at radius 1 is 0.976 bits per heavy atom. The Balaban J connectivity index is 1.44.